The zero-order valence-electron chi connectivity index (χ0n) is 13.1. The lowest BCUT2D eigenvalue weighted by atomic mass is 9.88. The van der Waals surface area contributed by atoms with E-state index in [0.29, 0.717) is 12.5 Å². The van der Waals surface area contributed by atoms with Gasteiger partial charge in [0.15, 0.2) is 6.29 Å². The minimum atomic E-state index is -0.839. The van der Waals surface area contributed by atoms with Gasteiger partial charge in [0.25, 0.3) is 0 Å². The predicted molar refractivity (Wildman–Crippen MR) is 85.0 cm³/mol. The molecule has 0 spiro atoms. The maximum atomic E-state index is 10.2. The van der Waals surface area contributed by atoms with E-state index in [2.05, 4.69) is 30.1 Å². The number of hydrogen-bond donors (Lipinski definition) is 1. The number of allylic oxidation sites excluding steroid dienone is 5. The molecule has 0 fully saturated rings. The van der Waals surface area contributed by atoms with Gasteiger partial charge in [-0.05, 0) is 55.7 Å². The SMILES string of the molecule is CCOC(O)/C(CC(C)C1=CCCC=C1)=C(C)/C=N/C. The minimum Gasteiger partial charge on any atom is -0.364 e. The first-order valence-electron chi connectivity index (χ1n) is 7.38. The highest BCUT2D eigenvalue weighted by molar-refractivity contribution is 5.78. The third-order valence-corrected chi connectivity index (χ3v) is 3.57. The summed E-state index contributed by atoms with van der Waals surface area (Å²) in [6.45, 7) is 6.55. The second kappa shape index (κ2) is 8.88. The molecule has 3 nitrogen and oxygen atoms in total. The van der Waals surface area contributed by atoms with Crippen LogP contribution >= 0.6 is 0 Å². The Morgan fingerprint density at radius 2 is 2.25 bits per heavy atom. The summed E-state index contributed by atoms with van der Waals surface area (Å²) in [5, 5.41) is 10.2. The first-order valence-corrected chi connectivity index (χ1v) is 7.38. The van der Waals surface area contributed by atoms with Crippen LogP contribution in [0.25, 0.3) is 0 Å². The molecular weight excluding hydrogens is 250 g/mol. The van der Waals surface area contributed by atoms with E-state index >= 15 is 0 Å². The standard InChI is InChI=1S/C17H27NO2/c1-5-20-17(19)16(14(3)12-18-4)11-13(2)15-9-7-6-8-10-15/h7,9-10,12-13,17,19H,5-6,8,11H2,1-4H3/b16-14+,18-12+. The Morgan fingerprint density at radius 3 is 2.80 bits per heavy atom. The maximum absolute atomic E-state index is 10.2. The Balaban J connectivity index is 2.86. The van der Waals surface area contributed by atoms with Gasteiger partial charge in [0.1, 0.15) is 0 Å². The second-order valence-electron chi connectivity index (χ2n) is 5.19. The molecule has 3 heteroatoms. The number of ether oxygens (including phenoxy) is 1. The van der Waals surface area contributed by atoms with Crippen molar-refractivity contribution >= 4 is 6.21 Å². The van der Waals surface area contributed by atoms with Crippen molar-refractivity contribution in [2.75, 3.05) is 13.7 Å². The molecular formula is C17H27NO2. The molecule has 112 valence electrons. The Bertz CT molecular complexity index is 419. The van der Waals surface area contributed by atoms with Gasteiger partial charge in [-0.3, -0.25) is 4.99 Å². The molecule has 0 heterocycles. The summed E-state index contributed by atoms with van der Waals surface area (Å²) in [5.41, 5.74) is 3.25. The van der Waals surface area contributed by atoms with Gasteiger partial charge < -0.3 is 9.84 Å². The van der Waals surface area contributed by atoms with Crippen LogP contribution < -0.4 is 0 Å². The van der Waals surface area contributed by atoms with Crippen LogP contribution in [0.5, 0.6) is 0 Å². The third-order valence-electron chi connectivity index (χ3n) is 3.57. The molecule has 1 aliphatic carbocycles. The van der Waals surface area contributed by atoms with Gasteiger partial charge in [-0.2, -0.15) is 0 Å². The molecule has 1 aliphatic rings. The van der Waals surface area contributed by atoms with E-state index in [0.717, 1.165) is 30.4 Å². The minimum absolute atomic E-state index is 0.372. The van der Waals surface area contributed by atoms with Crippen molar-refractivity contribution in [1.29, 1.82) is 0 Å². The maximum Gasteiger partial charge on any atom is 0.177 e. The van der Waals surface area contributed by atoms with Gasteiger partial charge >= 0.3 is 0 Å². The van der Waals surface area contributed by atoms with Crippen molar-refractivity contribution < 1.29 is 9.84 Å². The van der Waals surface area contributed by atoms with Crippen molar-refractivity contribution in [3.63, 3.8) is 0 Å². The van der Waals surface area contributed by atoms with E-state index in [4.69, 9.17) is 4.74 Å². The van der Waals surface area contributed by atoms with Crippen LogP contribution in [0.4, 0.5) is 0 Å². The van der Waals surface area contributed by atoms with Gasteiger partial charge in [0.05, 0.1) is 0 Å². The lowest BCUT2D eigenvalue weighted by Gasteiger charge is -2.22. The molecule has 0 amide bonds. The lowest BCUT2D eigenvalue weighted by molar-refractivity contribution is -0.0699. The molecule has 0 bridgehead atoms. The molecule has 0 radical (unpaired) electrons. The average molecular weight is 277 g/mol. The summed E-state index contributed by atoms with van der Waals surface area (Å²) in [4.78, 5) is 4.04. The largest absolute Gasteiger partial charge is 0.364 e. The molecule has 0 aliphatic heterocycles. The quantitative estimate of drug-likeness (QED) is 0.570. The topological polar surface area (TPSA) is 41.8 Å². The highest BCUT2D eigenvalue weighted by Crippen LogP contribution is 2.27. The fourth-order valence-electron chi connectivity index (χ4n) is 2.44. The molecule has 20 heavy (non-hydrogen) atoms. The number of nitrogens with zero attached hydrogens (tertiary/aromatic N) is 1. The number of aliphatic hydroxyl groups excluding tert-OH is 1. The van der Waals surface area contributed by atoms with Crippen molar-refractivity contribution in [2.24, 2.45) is 10.9 Å². The Labute approximate surface area is 122 Å². The van der Waals surface area contributed by atoms with Gasteiger partial charge in [-0.1, -0.05) is 25.2 Å². The van der Waals surface area contributed by atoms with Gasteiger partial charge in [-0.15, -0.1) is 0 Å². The van der Waals surface area contributed by atoms with Crippen molar-refractivity contribution in [3.05, 3.63) is 34.9 Å². The van der Waals surface area contributed by atoms with Crippen LogP contribution in [0.1, 0.15) is 40.0 Å². The zero-order valence-corrected chi connectivity index (χ0v) is 13.1. The molecule has 0 saturated heterocycles. The monoisotopic (exact) mass is 277 g/mol. The average Bonchev–Trinajstić information content (AvgIpc) is 2.45. The molecule has 0 aromatic rings. The lowest BCUT2D eigenvalue weighted by Crippen LogP contribution is -2.19. The summed E-state index contributed by atoms with van der Waals surface area (Å²) in [5.74, 6) is 0.372. The first kappa shape index (κ1) is 16.9. The van der Waals surface area contributed by atoms with Crippen molar-refractivity contribution in [1.82, 2.24) is 0 Å². The second-order valence-corrected chi connectivity index (χ2v) is 5.19. The molecule has 2 atom stereocenters. The Kier molecular flexibility index (Phi) is 7.48. The number of hydrogen-bond acceptors (Lipinski definition) is 3. The van der Waals surface area contributed by atoms with Crippen LogP contribution in [-0.2, 0) is 4.74 Å². The zero-order chi connectivity index (χ0) is 15.0. The summed E-state index contributed by atoms with van der Waals surface area (Å²) in [6.07, 6.45) is 10.7. The van der Waals surface area contributed by atoms with Gasteiger partial charge in [0, 0.05) is 19.9 Å². The van der Waals surface area contributed by atoms with Crippen LogP contribution in [-0.4, -0.2) is 31.3 Å². The predicted octanol–water partition coefficient (Wildman–Crippen LogP) is 3.66. The van der Waals surface area contributed by atoms with E-state index in [1.807, 2.05) is 13.8 Å². The first-order chi connectivity index (χ1) is 9.60. The summed E-state index contributed by atoms with van der Waals surface area (Å²) in [7, 11) is 1.74. The normalized spacial score (nSPS) is 19.8. The van der Waals surface area contributed by atoms with Crippen molar-refractivity contribution in [2.45, 2.75) is 46.3 Å². The number of aliphatic imine (C=N–C) groups is 1. The van der Waals surface area contributed by atoms with Crippen LogP contribution in [0.15, 0.2) is 39.9 Å². The molecule has 1 rings (SSSR count). The smallest absolute Gasteiger partial charge is 0.177 e. The highest BCUT2D eigenvalue weighted by Gasteiger charge is 2.18. The fraction of sp³-hybridized carbons (Fsp3) is 0.588. The third kappa shape index (κ3) is 5.06. The van der Waals surface area contributed by atoms with Gasteiger partial charge in [-0.25, -0.2) is 0 Å². The summed E-state index contributed by atoms with van der Waals surface area (Å²) >= 11 is 0. The van der Waals surface area contributed by atoms with Crippen LogP contribution in [0.3, 0.4) is 0 Å². The van der Waals surface area contributed by atoms with Gasteiger partial charge in [0.2, 0.25) is 0 Å². The number of aliphatic hydroxyl groups is 1. The van der Waals surface area contributed by atoms with E-state index in [9.17, 15) is 5.11 Å². The summed E-state index contributed by atoms with van der Waals surface area (Å²) < 4.78 is 5.36. The molecule has 0 aromatic carbocycles. The van der Waals surface area contributed by atoms with E-state index in [1.54, 1.807) is 13.3 Å². The molecule has 2 unspecified atom stereocenters. The van der Waals surface area contributed by atoms with Crippen LogP contribution in [0.2, 0.25) is 0 Å². The van der Waals surface area contributed by atoms with Crippen LogP contribution in [0, 0.1) is 5.92 Å². The van der Waals surface area contributed by atoms with Crippen molar-refractivity contribution in [3.8, 4) is 0 Å². The van der Waals surface area contributed by atoms with E-state index in [1.165, 1.54) is 5.57 Å². The van der Waals surface area contributed by atoms with E-state index < -0.39 is 6.29 Å². The highest BCUT2D eigenvalue weighted by atomic mass is 16.6. The summed E-state index contributed by atoms with van der Waals surface area (Å²) in [6, 6.07) is 0. The number of rotatable bonds is 7. The Hall–Kier alpha value is -1.19. The molecule has 1 N–H and O–H groups in total. The Morgan fingerprint density at radius 1 is 1.50 bits per heavy atom. The molecule has 0 aromatic heterocycles. The fourth-order valence-corrected chi connectivity index (χ4v) is 2.44. The molecule has 0 saturated carbocycles. The van der Waals surface area contributed by atoms with E-state index in [-0.39, 0.29) is 0 Å².